The minimum Gasteiger partial charge on any atom is -0.458 e. The summed E-state index contributed by atoms with van der Waals surface area (Å²) in [5.74, 6) is -1.30. The minimum atomic E-state index is -1.45. The molecule has 6 heteroatoms. The van der Waals surface area contributed by atoms with E-state index in [2.05, 4.69) is 10.6 Å². The van der Waals surface area contributed by atoms with Crippen LogP contribution in [0, 0.1) is 13.8 Å². The lowest BCUT2D eigenvalue weighted by atomic mass is 10.0. The molecule has 0 radical (unpaired) electrons. The van der Waals surface area contributed by atoms with Crippen LogP contribution in [-0.2, 0) is 15.2 Å². The Kier molecular flexibility index (Phi) is 5.01. The summed E-state index contributed by atoms with van der Waals surface area (Å²) in [6, 6.07) is 14.5. The monoisotopic (exact) mass is 366 g/mol. The van der Waals surface area contributed by atoms with Gasteiger partial charge >= 0.3 is 11.8 Å². The van der Waals surface area contributed by atoms with E-state index in [0.29, 0.717) is 17.0 Å². The number of benzene rings is 2. The zero-order valence-electron chi connectivity index (χ0n) is 15.5. The highest BCUT2D eigenvalue weighted by Crippen LogP contribution is 2.27. The minimum absolute atomic E-state index is 0.161. The first-order chi connectivity index (χ1) is 12.8. The number of hydrogen-bond donors (Lipinski definition) is 3. The molecule has 27 heavy (non-hydrogen) atoms. The van der Waals surface area contributed by atoms with Crippen molar-refractivity contribution in [2.45, 2.75) is 26.4 Å². The third kappa shape index (κ3) is 4.17. The molecule has 0 aliphatic heterocycles. The molecule has 3 aromatic rings. The van der Waals surface area contributed by atoms with Crippen LogP contribution in [0.2, 0.25) is 0 Å². The number of fused-ring (bicyclic) bond motifs is 1. The molecule has 2 aromatic carbocycles. The third-order valence-corrected chi connectivity index (χ3v) is 4.52. The number of nitrogens with one attached hydrogen (secondary N) is 2. The molecular formula is C21H22N2O4. The molecule has 0 aliphatic carbocycles. The lowest BCUT2D eigenvalue weighted by Crippen LogP contribution is -2.43. The number of anilines is 1. The summed E-state index contributed by atoms with van der Waals surface area (Å²) in [6.07, 6.45) is 0. The second kappa shape index (κ2) is 7.25. The average Bonchev–Trinajstić information content (AvgIpc) is 3.08. The van der Waals surface area contributed by atoms with Crippen molar-refractivity contribution in [3.8, 4) is 0 Å². The SMILES string of the molecule is Cc1ccc(NC(=O)C(=O)NCC(C)(O)c2cc3ccccc3o2)cc1C. The van der Waals surface area contributed by atoms with E-state index in [1.165, 1.54) is 6.92 Å². The van der Waals surface area contributed by atoms with Gasteiger partial charge in [-0.3, -0.25) is 9.59 Å². The van der Waals surface area contributed by atoms with Gasteiger partial charge in [-0.25, -0.2) is 0 Å². The Morgan fingerprint density at radius 3 is 2.48 bits per heavy atom. The molecule has 0 aliphatic rings. The van der Waals surface area contributed by atoms with E-state index in [0.717, 1.165) is 16.5 Å². The van der Waals surface area contributed by atoms with Crippen LogP contribution in [0.3, 0.4) is 0 Å². The number of hydrogen-bond acceptors (Lipinski definition) is 4. The molecule has 2 amide bonds. The van der Waals surface area contributed by atoms with Crippen molar-refractivity contribution in [1.82, 2.24) is 5.32 Å². The Hall–Kier alpha value is -3.12. The predicted molar refractivity (Wildman–Crippen MR) is 103 cm³/mol. The van der Waals surface area contributed by atoms with Crippen molar-refractivity contribution >= 4 is 28.5 Å². The molecule has 1 aromatic heterocycles. The van der Waals surface area contributed by atoms with E-state index in [1.54, 1.807) is 24.3 Å². The van der Waals surface area contributed by atoms with Gasteiger partial charge in [-0.15, -0.1) is 0 Å². The fourth-order valence-corrected chi connectivity index (χ4v) is 2.67. The standard InChI is InChI=1S/C21H22N2O4/c1-13-8-9-16(10-14(13)2)23-20(25)19(24)22-12-21(3,26)18-11-15-6-4-5-7-17(15)27-18/h4-11,26H,12H2,1-3H3,(H,22,24)(H,23,25). The van der Waals surface area contributed by atoms with Gasteiger partial charge in [0.1, 0.15) is 16.9 Å². The molecule has 1 heterocycles. The van der Waals surface area contributed by atoms with Gasteiger partial charge in [0, 0.05) is 11.1 Å². The molecule has 0 saturated carbocycles. The Morgan fingerprint density at radius 2 is 1.78 bits per heavy atom. The molecule has 0 spiro atoms. The number of carbonyl (C=O) groups excluding carboxylic acids is 2. The fourth-order valence-electron chi connectivity index (χ4n) is 2.67. The first-order valence-electron chi connectivity index (χ1n) is 8.64. The smallest absolute Gasteiger partial charge is 0.313 e. The molecule has 3 N–H and O–H groups in total. The van der Waals surface area contributed by atoms with Crippen molar-refractivity contribution in [1.29, 1.82) is 0 Å². The van der Waals surface area contributed by atoms with Crippen LogP contribution in [0.25, 0.3) is 11.0 Å². The van der Waals surface area contributed by atoms with Gasteiger partial charge in [-0.2, -0.15) is 0 Å². The molecule has 0 bridgehead atoms. The number of furan rings is 1. The van der Waals surface area contributed by atoms with Crippen LogP contribution in [0.5, 0.6) is 0 Å². The van der Waals surface area contributed by atoms with E-state index < -0.39 is 17.4 Å². The van der Waals surface area contributed by atoms with Crippen molar-refractivity contribution in [2.24, 2.45) is 0 Å². The summed E-state index contributed by atoms with van der Waals surface area (Å²) < 4.78 is 5.64. The molecule has 3 rings (SSSR count). The lowest BCUT2D eigenvalue weighted by molar-refractivity contribution is -0.136. The Labute approximate surface area is 157 Å². The van der Waals surface area contributed by atoms with Crippen LogP contribution in [-0.4, -0.2) is 23.5 Å². The zero-order chi connectivity index (χ0) is 19.6. The van der Waals surface area contributed by atoms with Crippen molar-refractivity contribution in [2.75, 3.05) is 11.9 Å². The molecule has 140 valence electrons. The lowest BCUT2D eigenvalue weighted by Gasteiger charge is -2.21. The van der Waals surface area contributed by atoms with Crippen LogP contribution in [0.15, 0.2) is 52.9 Å². The highest BCUT2D eigenvalue weighted by Gasteiger charge is 2.29. The molecule has 1 atom stereocenters. The van der Waals surface area contributed by atoms with Crippen molar-refractivity contribution in [3.05, 3.63) is 65.4 Å². The number of carbonyl (C=O) groups is 2. The number of rotatable bonds is 4. The first-order valence-corrected chi connectivity index (χ1v) is 8.64. The van der Waals surface area contributed by atoms with Crippen LogP contribution >= 0.6 is 0 Å². The molecular weight excluding hydrogens is 344 g/mol. The highest BCUT2D eigenvalue weighted by atomic mass is 16.4. The van der Waals surface area contributed by atoms with Gasteiger partial charge in [0.15, 0.2) is 0 Å². The second-order valence-corrected chi connectivity index (χ2v) is 6.86. The molecule has 0 fully saturated rings. The Bertz CT molecular complexity index is 971. The predicted octanol–water partition coefficient (Wildman–Crippen LogP) is 3.01. The van der Waals surface area contributed by atoms with Crippen molar-refractivity contribution < 1.29 is 19.1 Å². The number of aryl methyl sites for hydroxylation is 2. The zero-order valence-corrected chi connectivity index (χ0v) is 15.5. The van der Waals surface area contributed by atoms with Crippen LogP contribution < -0.4 is 10.6 Å². The van der Waals surface area contributed by atoms with E-state index in [-0.39, 0.29) is 6.54 Å². The summed E-state index contributed by atoms with van der Waals surface area (Å²) >= 11 is 0. The van der Waals surface area contributed by atoms with E-state index in [1.807, 2.05) is 38.1 Å². The summed E-state index contributed by atoms with van der Waals surface area (Å²) in [4.78, 5) is 24.2. The van der Waals surface area contributed by atoms with Gasteiger partial charge in [-0.1, -0.05) is 24.3 Å². The normalized spacial score (nSPS) is 13.2. The van der Waals surface area contributed by atoms with E-state index in [4.69, 9.17) is 4.42 Å². The third-order valence-electron chi connectivity index (χ3n) is 4.52. The Balaban J connectivity index is 1.62. The summed E-state index contributed by atoms with van der Waals surface area (Å²) in [5, 5.41) is 16.5. The van der Waals surface area contributed by atoms with Crippen LogP contribution in [0.1, 0.15) is 23.8 Å². The molecule has 0 saturated heterocycles. The highest BCUT2D eigenvalue weighted by molar-refractivity contribution is 6.39. The fraction of sp³-hybridized carbons (Fsp3) is 0.238. The summed E-state index contributed by atoms with van der Waals surface area (Å²) in [6.45, 7) is 5.25. The number of amides is 2. The quantitative estimate of drug-likeness (QED) is 0.619. The average molecular weight is 366 g/mol. The maximum atomic E-state index is 12.1. The maximum absolute atomic E-state index is 12.1. The largest absolute Gasteiger partial charge is 0.458 e. The molecule has 6 nitrogen and oxygen atoms in total. The maximum Gasteiger partial charge on any atom is 0.313 e. The molecule has 1 unspecified atom stereocenters. The first kappa shape index (κ1) is 18.7. The van der Waals surface area contributed by atoms with Gasteiger partial charge < -0.3 is 20.2 Å². The summed E-state index contributed by atoms with van der Waals surface area (Å²) in [7, 11) is 0. The van der Waals surface area contributed by atoms with Gasteiger partial charge in [0.05, 0.1) is 6.54 Å². The van der Waals surface area contributed by atoms with Gasteiger partial charge in [0.25, 0.3) is 0 Å². The van der Waals surface area contributed by atoms with E-state index in [9.17, 15) is 14.7 Å². The topological polar surface area (TPSA) is 91.6 Å². The number of aliphatic hydroxyl groups is 1. The number of para-hydroxylation sites is 1. The van der Waals surface area contributed by atoms with E-state index >= 15 is 0 Å². The van der Waals surface area contributed by atoms with Crippen LogP contribution in [0.4, 0.5) is 5.69 Å². The second-order valence-electron chi connectivity index (χ2n) is 6.86. The van der Waals surface area contributed by atoms with Crippen molar-refractivity contribution in [3.63, 3.8) is 0 Å². The Morgan fingerprint density at radius 1 is 1.04 bits per heavy atom. The summed E-state index contributed by atoms with van der Waals surface area (Å²) in [5.41, 5.74) is 1.85. The van der Waals surface area contributed by atoms with Gasteiger partial charge in [-0.05, 0) is 56.2 Å². The van der Waals surface area contributed by atoms with Gasteiger partial charge in [0.2, 0.25) is 0 Å².